The van der Waals surface area contributed by atoms with Crippen LogP contribution in [0.4, 0.5) is 13.2 Å². The van der Waals surface area contributed by atoms with Crippen LogP contribution in [0.3, 0.4) is 0 Å². The molecule has 2 aromatic rings. The predicted molar refractivity (Wildman–Crippen MR) is 99.8 cm³/mol. The molecule has 0 amide bonds. The monoisotopic (exact) mass is 413 g/mol. The third-order valence-electron chi connectivity index (χ3n) is 3.71. The van der Waals surface area contributed by atoms with E-state index < -0.39 is 23.7 Å². The molecule has 0 heterocycles. The van der Waals surface area contributed by atoms with Gasteiger partial charge in [0.25, 0.3) is 0 Å². The van der Waals surface area contributed by atoms with Crippen molar-refractivity contribution in [1.82, 2.24) is 5.32 Å². The van der Waals surface area contributed by atoms with E-state index >= 15 is 0 Å². The summed E-state index contributed by atoms with van der Waals surface area (Å²) in [5.41, 5.74) is 0.546. The van der Waals surface area contributed by atoms with Crippen molar-refractivity contribution in [2.45, 2.75) is 12.6 Å². The normalized spacial score (nSPS) is 11.7. The van der Waals surface area contributed by atoms with Crippen LogP contribution < -0.4 is 10.1 Å². The summed E-state index contributed by atoms with van der Waals surface area (Å²) in [6.45, 7) is 1.22. The number of ether oxygens (including phenoxy) is 1. The summed E-state index contributed by atoms with van der Waals surface area (Å²) in [5, 5.41) is 17.9. The summed E-state index contributed by atoms with van der Waals surface area (Å²) in [6, 6.07) is 14.9. The molecular weight excluding hydrogens is 391 g/mol. The fourth-order valence-electron chi connectivity index (χ4n) is 2.38. The molecule has 158 valence electrons. The first kappa shape index (κ1) is 24.0. The highest BCUT2D eigenvalue weighted by Crippen LogP contribution is 2.30. The molecule has 0 aromatic heterocycles. The van der Waals surface area contributed by atoms with Gasteiger partial charge in [0.05, 0.1) is 12.2 Å². The van der Waals surface area contributed by atoms with E-state index in [0.29, 0.717) is 12.4 Å². The second kappa shape index (κ2) is 11.7. The lowest BCUT2D eigenvalue weighted by Gasteiger charge is -2.18. The zero-order valence-corrected chi connectivity index (χ0v) is 15.6. The molecule has 0 bridgehead atoms. The Morgan fingerprint density at radius 2 is 1.55 bits per heavy atom. The van der Waals surface area contributed by atoms with Crippen molar-refractivity contribution < 1.29 is 37.7 Å². The smallest absolute Gasteiger partial charge is 0.416 e. The van der Waals surface area contributed by atoms with Gasteiger partial charge < -0.3 is 20.3 Å². The summed E-state index contributed by atoms with van der Waals surface area (Å²) in [4.78, 5) is 18.2. The number of benzene rings is 2. The molecule has 3 N–H and O–H groups in total. The molecule has 6 nitrogen and oxygen atoms in total. The fourth-order valence-corrected chi connectivity index (χ4v) is 2.38. The number of carboxylic acids is 2. The minimum absolute atomic E-state index is 0.240. The summed E-state index contributed by atoms with van der Waals surface area (Å²) >= 11 is 0. The van der Waals surface area contributed by atoms with E-state index in [0.717, 1.165) is 25.1 Å². The van der Waals surface area contributed by atoms with E-state index in [-0.39, 0.29) is 5.92 Å². The van der Waals surface area contributed by atoms with Crippen LogP contribution in [0, 0.1) is 5.92 Å². The largest absolute Gasteiger partial charge is 0.493 e. The molecule has 2 aromatic carbocycles. The third-order valence-corrected chi connectivity index (χ3v) is 3.71. The van der Waals surface area contributed by atoms with Crippen molar-refractivity contribution in [3.8, 4) is 5.75 Å². The average molecular weight is 413 g/mol. The Labute approximate surface area is 165 Å². The molecule has 0 saturated heterocycles. The van der Waals surface area contributed by atoms with Gasteiger partial charge in [-0.25, -0.2) is 9.59 Å². The second-order valence-electron chi connectivity index (χ2n) is 6.06. The van der Waals surface area contributed by atoms with Crippen LogP contribution in [0.5, 0.6) is 5.75 Å². The fraction of sp³-hybridized carbons (Fsp3) is 0.300. The molecule has 29 heavy (non-hydrogen) atoms. The first-order chi connectivity index (χ1) is 13.6. The second-order valence-corrected chi connectivity index (χ2v) is 6.06. The van der Waals surface area contributed by atoms with Crippen molar-refractivity contribution in [2.24, 2.45) is 5.92 Å². The minimum Gasteiger partial charge on any atom is -0.493 e. The van der Waals surface area contributed by atoms with E-state index in [9.17, 15) is 13.2 Å². The standard InChI is InChI=1S/C18H20F3NO.C2H2O4/c1-22-12-15(11-14-5-3-2-4-6-14)13-23-17-9-7-16(8-10-17)18(19,20)21;3-1(4)2(5)6/h2-10,15,22H,11-13H2,1H3;(H,3,4)(H,5,6). The minimum atomic E-state index is -4.32. The van der Waals surface area contributed by atoms with Gasteiger partial charge >= 0.3 is 18.1 Å². The highest BCUT2D eigenvalue weighted by molar-refractivity contribution is 6.27. The Bertz CT molecular complexity index is 752. The average Bonchev–Trinajstić information content (AvgIpc) is 2.67. The molecule has 0 spiro atoms. The van der Waals surface area contributed by atoms with Crippen LogP contribution in [-0.2, 0) is 22.2 Å². The lowest BCUT2D eigenvalue weighted by molar-refractivity contribution is -0.159. The maximum Gasteiger partial charge on any atom is 0.416 e. The molecule has 0 aliphatic carbocycles. The summed E-state index contributed by atoms with van der Waals surface area (Å²) in [6.07, 6.45) is -3.47. The number of aliphatic carboxylic acids is 2. The van der Waals surface area contributed by atoms with Crippen molar-refractivity contribution in [2.75, 3.05) is 20.2 Å². The summed E-state index contributed by atoms with van der Waals surface area (Å²) < 4.78 is 43.2. The van der Waals surface area contributed by atoms with E-state index in [4.69, 9.17) is 24.5 Å². The topological polar surface area (TPSA) is 95.9 Å². The maximum absolute atomic E-state index is 12.5. The highest BCUT2D eigenvalue weighted by atomic mass is 19.4. The van der Waals surface area contributed by atoms with Gasteiger partial charge in [0.2, 0.25) is 0 Å². The SMILES string of the molecule is CNCC(COc1ccc(C(F)(F)F)cc1)Cc1ccccc1.O=C(O)C(=O)O. The highest BCUT2D eigenvalue weighted by Gasteiger charge is 2.30. The van der Waals surface area contributed by atoms with Crippen LogP contribution in [0.15, 0.2) is 54.6 Å². The molecule has 0 aliphatic heterocycles. The Morgan fingerprint density at radius 3 is 2.00 bits per heavy atom. The molecule has 1 atom stereocenters. The van der Waals surface area contributed by atoms with Crippen molar-refractivity contribution >= 4 is 11.9 Å². The third kappa shape index (κ3) is 9.61. The maximum atomic E-state index is 12.5. The molecule has 0 fully saturated rings. The van der Waals surface area contributed by atoms with Gasteiger partial charge in [-0.3, -0.25) is 0 Å². The number of hydrogen-bond acceptors (Lipinski definition) is 4. The van der Waals surface area contributed by atoms with Gasteiger partial charge in [-0.1, -0.05) is 30.3 Å². The number of hydrogen-bond donors (Lipinski definition) is 3. The Morgan fingerprint density at radius 1 is 1.00 bits per heavy atom. The van der Waals surface area contributed by atoms with Crippen molar-refractivity contribution in [3.05, 3.63) is 65.7 Å². The zero-order chi connectivity index (χ0) is 21.9. The van der Waals surface area contributed by atoms with Crippen LogP contribution in [0.25, 0.3) is 0 Å². The zero-order valence-electron chi connectivity index (χ0n) is 15.6. The lowest BCUT2D eigenvalue weighted by atomic mass is 10.00. The number of nitrogens with one attached hydrogen (secondary N) is 1. The number of carbonyl (C=O) groups is 2. The van der Waals surface area contributed by atoms with E-state index in [1.807, 2.05) is 25.2 Å². The van der Waals surface area contributed by atoms with Crippen molar-refractivity contribution in [1.29, 1.82) is 0 Å². The number of halogens is 3. The van der Waals surface area contributed by atoms with E-state index in [1.165, 1.54) is 17.7 Å². The van der Waals surface area contributed by atoms with Gasteiger partial charge in [-0.15, -0.1) is 0 Å². The number of alkyl halides is 3. The molecular formula is C20H22F3NO5. The molecule has 2 rings (SSSR count). The van der Waals surface area contributed by atoms with Crippen LogP contribution in [0.1, 0.15) is 11.1 Å². The van der Waals surface area contributed by atoms with Gasteiger partial charge in [0.15, 0.2) is 0 Å². The lowest BCUT2D eigenvalue weighted by Crippen LogP contribution is -2.26. The quantitative estimate of drug-likeness (QED) is 0.603. The Balaban J connectivity index is 0.000000612. The van der Waals surface area contributed by atoms with E-state index in [2.05, 4.69) is 17.4 Å². The van der Waals surface area contributed by atoms with Crippen LogP contribution in [-0.4, -0.2) is 42.4 Å². The van der Waals surface area contributed by atoms with Gasteiger partial charge in [0.1, 0.15) is 5.75 Å². The molecule has 1 unspecified atom stereocenters. The number of rotatable bonds is 7. The van der Waals surface area contributed by atoms with Crippen LogP contribution in [0.2, 0.25) is 0 Å². The molecule has 0 radical (unpaired) electrons. The molecule has 0 saturated carbocycles. The molecule has 9 heteroatoms. The van der Waals surface area contributed by atoms with Crippen molar-refractivity contribution in [3.63, 3.8) is 0 Å². The van der Waals surface area contributed by atoms with Gasteiger partial charge in [0, 0.05) is 12.5 Å². The first-order valence-electron chi connectivity index (χ1n) is 8.58. The first-order valence-corrected chi connectivity index (χ1v) is 8.58. The van der Waals surface area contributed by atoms with E-state index in [1.54, 1.807) is 0 Å². The van der Waals surface area contributed by atoms with Gasteiger partial charge in [-0.2, -0.15) is 13.2 Å². The Kier molecular flexibility index (Phi) is 9.67. The Hall–Kier alpha value is -3.07. The molecule has 0 aliphatic rings. The van der Waals surface area contributed by atoms with Crippen LogP contribution >= 0.6 is 0 Å². The van der Waals surface area contributed by atoms with Gasteiger partial charge in [-0.05, 0) is 43.3 Å². The summed E-state index contributed by atoms with van der Waals surface area (Å²) in [5.74, 6) is -2.96. The number of carboxylic acid groups (broad SMARTS) is 2. The predicted octanol–water partition coefficient (Wildman–Crippen LogP) is 3.32. The summed E-state index contributed by atoms with van der Waals surface area (Å²) in [7, 11) is 1.87.